The molecule has 1 unspecified atom stereocenters. The number of nitrogens with zero attached hydrogens (tertiary/aromatic N) is 2. The molecule has 1 saturated heterocycles. The third-order valence-corrected chi connectivity index (χ3v) is 2.87. The fraction of sp³-hybridized carbons (Fsp3) is 0.900. The predicted octanol–water partition coefficient (Wildman–Crippen LogP) is 0.905. The summed E-state index contributed by atoms with van der Waals surface area (Å²) in [7, 11) is 0. The van der Waals surface area contributed by atoms with Crippen molar-refractivity contribution in [3.8, 4) is 0 Å². The van der Waals surface area contributed by atoms with Crippen molar-refractivity contribution in [2.75, 3.05) is 26.2 Å². The average molecular weight is 200 g/mol. The van der Waals surface area contributed by atoms with Crippen LogP contribution >= 0.6 is 0 Å². The summed E-state index contributed by atoms with van der Waals surface area (Å²) in [5.74, 6) is 0. The molecule has 1 N–H and O–H groups in total. The minimum atomic E-state index is 0.0445. The lowest BCUT2D eigenvalue weighted by Crippen LogP contribution is -2.46. The second kappa shape index (κ2) is 5.20. The number of hydrogen-bond donors (Lipinski definition) is 1. The lowest BCUT2D eigenvalue weighted by Gasteiger charge is -2.29. The van der Waals surface area contributed by atoms with E-state index in [0.29, 0.717) is 0 Å². The molecule has 1 rings (SSSR count). The first-order valence-electron chi connectivity index (χ1n) is 5.41. The van der Waals surface area contributed by atoms with Crippen molar-refractivity contribution in [1.29, 1.82) is 0 Å². The molecule has 1 heterocycles. The van der Waals surface area contributed by atoms with Crippen molar-refractivity contribution in [2.45, 2.75) is 32.7 Å². The van der Waals surface area contributed by atoms with Crippen molar-refractivity contribution in [3.63, 3.8) is 0 Å². The summed E-state index contributed by atoms with van der Waals surface area (Å²) in [5.41, 5.74) is 0. The van der Waals surface area contributed by atoms with Gasteiger partial charge in [-0.1, -0.05) is 0 Å². The van der Waals surface area contributed by atoms with Gasteiger partial charge >= 0.3 is 6.03 Å². The van der Waals surface area contributed by atoms with Gasteiger partial charge in [-0.25, -0.2) is 4.79 Å². The number of hydrogen-bond acceptors (Lipinski definition) is 2. The Morgan fingerprint density at radius 3 is 2.64 bits per heavy atom. The number of likely N-dealkylation sites (tertiary alicyclic amines) is 1. The number of aliphatic hydroxyl groups excluding tert-OH is 1. The molecular weight excluding hydrogens is 180 g/mol. The zero-order valence-corrected chi connectivity index (χ0v) is 9.07. The van der Waals surface area contributed by atoms with E-state index >= 15 is 0 Å². The lowest BCUT2D eigenvalue weighted by atomic mass is 10.2. The summed E-state index contributed by atoms with van der Waals surface area (Å²) in [6, 6.07) is 0.120. The van der Waals surface area contributed by atoms with Gasteiger partial charge in [0.25, 0.3) is 0 Å². The van der Waals surface area contributed by atoms with Gasteiger partial charge in [0.2, 0.25) is 0 Å². The normalized spacial score (nSPS) is 21.4. The first kappa shape index (κ1) is 11.3. The Kier molecular flexibility index (Phi) is 4.20. The molecule has 0 aromatic heterocycles. The molecule has 0 radical (unpaired) electrons. The zero-order chi connectivity index (χ0) is 10.6. The number of carbonyl (C=O) groups excluding carboxylic acids is 1. The summed E-state index contributed by atoms with van der Waals surface area (Å²) in [6.45, 7) is 6.32. The lowest BCUT2D eigenvalue weighted by molar-refractivity contribution is 0.129. The van der Waals surface area contributed by atoms with Crippen LogP contribution < -0.4 is 0 Å². The van der Waals surface area contributed by atoms with Crippen LogP contribution in [0.15, 0.2) is 0 Å². The van der Waals surface area contributed by atoms with Crippen LogP contribution in [-0.2, 0) is 0 Å². The van der Waals surface area contributed by atoms with Gasteiger partial charge < -0.3 is 14.9 Å². The van der Waals surface area contributed by atoms with E-state index in [-0.39, 0.29) is 18.7 Å². The number of aliphatic hydroxyl groups is 1. The Morgan fingerprint density at radius 1 is 1.50 bits per heavy atom. The van der Waals surface area contributed by atoms with E-state index in [1.165, 1.54) is 0 Å². The van der Waals surface area contributed by atoms with E-state index < -0.39 is 0 Å². The Balaban J connectivity index is 2.58. The largest absolute Gasteiger partial charge is 0.394 e. The van der Waals surface area contributed by atoms with Crippen LogP contribution in [0.3, 0.4) is 0 Å². The van der Waals surface area contributed by atoms with E-state index in [1.807, 2.05) is 13.8 Å². The highest BCUT2D eigenvalue weighted by atomic mass is 16.3. The zero-order valence-electron chi connectivity index (χ0n) is 9.07. The third kappa shape index (κ3) is 2.18. The molecular formula is C10H20N2O2. The first-order chi connectivity index (χ1) is 6.74. The summed E-state index contributed by atoms with van der Waals surface area (Å²) >= 11 is 0. The van der Waals surface area contributed by atoms with Crippen LogP contribution in [0.4, 0.5) is 4.79 Å². The maximum absolute atomic E-state index is 11.9. The van der Waals surface area contributed by atoms with Crippen molar-refractivity contribution in [3.05, 3.63) is 0 Å². The van der Waals surface area contributed by atoms with Crippen LogP contribution in [0.1, 0.15) is 26.7 Å². The van der Waals surface area contributed by atoms with Crippen molar-refractivity contribution in [2.24, 2.45) is 0 Å². The fourth-order valence-corrected chi connectivity index (χ4v) is 1.95. The molecule has 1 aliphatic heterocycles. The van der Waals surface area contributed by atoms with Gasteiger partial charge in [-0.3, -0.25) is 0 Å². The third-order valence-electron chi connectivity index (χ3n) is 2.87. The highest BCUT2D eigenvalue weighted by Gasteiger charge is 2.29. The summed E-state index contributed by atoms with van der Waals surface area (Å²) in [4.78, 5) is 15.5. The van der Waals surface area contributed by atoms with Gasteiger partial charge in [0.15, 0.2) is 0 Å². The van der Waals surface area contributed by atoms with E-state index in [0.717, 1.165) is 32.5 Å². The Labute approximate surface area is 85.5 Å². The molecule has 0 bridgehead atoms. The average Bonchev–Trinajstić information content (AvgIpc) is 2.67. The number of amides is 2. The molecule has 1 fully saturated rings. The minimum absolute atomic E-state index is 0.0445. The fourth-order valence-electron chi connectivity index (χ4n) is 1.95. The van der Waals surface area contributed by atoms with Gasteiger partial charge in [0.05, 0.1) is 12.6 Å². The van der Waals surface area contributed by atoms with E-state index in [2.05, 4.69) is 0 Å². The Morgan fingerprint density at radius 2 is 2.14 bits per heavy atom. The highest BCUT2D eigenvalue weighted by Crippen LogP contribution is 2.18. The molecule has 1 atom stereocenters. The minimum Gasteiger partial charge on any atom is -0.394 e. The summed E-state index contributed by atoms with van der Waals surface area (Å²) in [5, 5.41) is 9.10. The second-order valence-electron chi connectivity index (χ2n) is 3.63. The molecule has 0 spiro atoms. The quantitative estimate of drug-likeness (QED) is 0.735. The summed E-state index contributed by atoms with van der Waals surface area (Å²) < 4.78 is 0. The molecule has 2 amide bonds. The first-order valence-corrected chi connectivity index (χ1v) is 5.41. The van der Waals surface area contributed by atoms with Crippen LogP contribution in [0.2, 0.25) is 0 Å². The molecule has 4 nitrogen and oxygen atoms in total. The smallest absolute Gasteiger partial charge is 0.320 e. The molecule has 0 aromatic rings. The van der Waals surface area contributed by atoms with Crippen LogP contribution in [-0.4, -0.2) is 53.2 Å². The highest BCUT2D eigenvalue weighted by molar-refractivity contribution is 5.75. The Bertz CT molecular complexity index is 193. The molecule has 14 heavy (non-hydrogen) atoms. The standard InChI is InChI=1S/C10H20N2O2/c1-3-11(4-2)10(14)12-7-5-6-9(12)8-13/h9,13H,3-8H2,1-2H3. The maximum Gasteiger partial charge on any atom is 0.320 e. The molecule has 0 aliphatic carbocycles. The van der Waals surface area contributed by atoms with Gasteiger partial charge in [0, 0.05) is 19.6 Å². The number of carbonyl (C=O) groups is 1. The molecule has 0 aromatic carbocycles. The predicted molar refractivity (Wildman–Crippen MR) is 55.1 cm³/mol. The van der Waals surface area contributed by atoms with E-state index in [9.17, 15) is 4.79 Å². The van der Waals surface area contributed by atoms with Crippen molar-refractivity contribution in [1.82, 2.24) is 9.80 Å². The molecule has 4 heteroatoms. The van der Waals surface area contributed by atoms with Crippen molar-refractivity contribution >= 4 is 6.03 Å². The van der Waals surface area contributed by atoms with E-state index in [4.69, 9.17) is 5.11 Å². The van der Waals surface area contributed by atoms with Gasteiger partial charge in [-0.15, -0.1) is 0 Å². The molecule has 82 valence electrons. The van der Waals surface area contributed by atoms with Gasteiger partial charge in [-0.2, -0.15) is 0 Å². The SMILES string of the molecule is CCN(CC)C(=O)N1CCCC1CO. The Hall–Kier alpha value is -0.770. The number of urea groups is 1. The van der Waals surface area contributed by atoms with Crippen molar-refractivity contribution < 1.29 is 9.90 Å². The monoisotopic (exact) mass is 200 g/mol. The molecule has 0 saturated carbocycles. The van der Waals surface area contributed by atoms with Gasteiger partial charge in [-0.05, 0) is 26.7 Å². The maximum atomic E-state index is 11.9. The second-order valence-corrected chi connectivity index (χ2v) is 3.63. The van der Waals surface area contributed by atoms with Crippen LogP contribution in [0.25, 0.3) is 0 Å². The molecule has 1 aliphatic rings. The van der Waals surface area contributed by atoms with E-state index in [1.54, 1.807) is 9.80 Å². The summed E-state index contributed by atoms with van der Waals surface area (Å²) in [6.07, 6.45) is 1.95. The van der Waals surface area contributed by atoms with Gasteiger partial charge in [0.1, 0.15) is 0 Å². The number of rotatable bonds is 3. The van der Waals surface area contributed by atoms with Crippen LogP contribution in [0, 0.1) is 0 Å². The topological polar surface area (TPSA) is 43.8 Å². The van der Waals surface area contributed by atoms with Crippen LogP contribution in [0.5, 0.6) is 0 Å².